The van der Waals surface area contributed by atoms with Crippen LogP contribution >= 0.6 is 0 Å². The van der Waals surface area contributed by atoms with Gasteiger partial charge in [-0.1, -0.05) is 32.0 Å². The average Bonchev–Trinajstić information content (AvgIpc) is 2.28. The van der Waals surface area contributed by atoms with Crippen LogP contribution in [0.15, 0.2) is 36.5 Å². The van der Waals surface area contributed by atoms with E-state index < -0.39 is 0 Å². The number of carbonyl (C=O) groups is 1. The van der Waals surface area contributed by atoms with Crippen LogP contribution in [-0.2, 0) is 4.79 Å². The highest BCUT2D eigenvalue weighted by Crippen LogP contribution is 2.30. The maximum Gasteiger partial charge on any atom is 0.137 e. The molecule has 1 heterocycles. The Morgan fingerprint density at radius 3 is 2.53 bits per heavy atom. The summed E-state index contributed by atoms with van der Waals surface area (Å²) in [7, 11) is 0. The van der Waals surface area contributed by atoms with Gasteiger partial charge in [-0.3, -0.25) is 9.78 Å². The molecule has 1 aromatic heterocycles. The zero-order chi connectivity index (χ0) is 12.4. The Balaban J connectivity index is 2.65. The third-order valence-electron chi connectivity index (χ3n) is 3.12. The molecule has 0 saturated carbocycles. The van der Waals surface area contributed by atoms with Crippen LogP contribution in [0.3, 0.4) is 0 Å². The summed E-state index contributed by atoms with van der Waals surface area (Å²) in [4.78, 5) is 16.1. The first-order valence-corrected chi connectivity index (χ1v) is 5.95. The minimum Gasteiger partial charge on any atom is -0.299 e. The van der Waals surface area contributed by atoms with E-state index in [1.807, 2.05) is 30.3 Å². The third kappa shape index (κ3) is 2.21. The van der Waals surface area contributed by atoms with E-state index in [2.05, 4.69) is 18.8 Å². The number of benzene rings is 1. The largest absolute Gasteiger partial charge is 0.299 e. The zero-order valence-corrected chi connectivity index (χ0v) is 10.5. The molecule has 2 rings (SSSR count). The first-order valence-electron chi connectivity index (χ1n) is 5.95. The number of para-hydroxylation sites is 1. The molecule has 1 unspecified atom stereocenters. The van der Waals surface area contributed by atoms with Crippen LogP contribution in [0.5, 0.6) is 0 Å². The molecule has 2 aromatic rings. The van der Waals surface area contributed by atoms with Crippen molar-refractivity contribution in [1.29, 1.82) is 0 Å². The normalized spacial score (nSPS) is 12.9. The van der Waals surface area contributed by atoms with Crippen LogP contribution < -0.4 is 0 Å². The molecule has 0 aliphatic carbocycles. The lowest BCUT2D eigenvalue weighted by Gasteiger charge is -2.19. The van der Waals surface area contributed by atoms with Gasteiger partial charge >= 0.3 is 0 Å². The van der Waals surface area contributed by atoms with E-state index in [1.165, 1.54) is 0 Å². The smallest absolute Gasteiger partial charge is 0.137 e. The van der Waals surface area contributed by atoms with Crippen molar-refractivity contribution in [2.45, 2.75) is 26.7 Å². The van der Waals surface area contributed by atoms with Crippen LogP contribution in [0.2, 0.25) is 0 Å². The molecular formula is C15H17NO. The van der Waals surface area contributed by atoms with Crippen LogP contribution in [0, 0.1) is 5.92 Å². The second-order valence-corrected chi connectivity index (χ2v) is 4.75. The number of pyridine rings is 1. The van der Waals surface area contributed by atoms with Gasteiger partial charge in [0.25, 0.3) is 0 Å². The van der Waals surface area contributed by atoms with Gasteiger partial charge in [0.05, 0.1) is 5.52 Å². The van der Waals surface area contributed by atoms with Gasteiger partial charge in [0.1, 0.15) is 5.78 Å². The number of ketones is 1. The molecule has 0 N–H and O–H groups in total. The lowest BCUT2D eigenvalue weighted by molar-refractivity contribution is -0.119. The fourth-order valence-electron chi connectivity index (χ4n) is 2.44. The standard InChI is InChI=1S/C15H17NO/c1-10(2)15(11(3)17)13-8-9-16-14-7-5-4-6-12(13)14/h4-10,15H,1-3H3. The molecule has 17 heavy (non-hydrogen) atoms. The number of hydrogen-bond acceptors (Lipinski definition) is 2. The monoisotopic (exact) mass is 227 g/mol. The van der Waals surface area contributed by atoms with Crippen molar-refractivity contribution < 1.29 is 4.79 Å². The topological polar surface area (TPSA) is 30.0 Å². The SMILES string of the molecule is CC(=O)C(c1ccnc2ccccc12)C(C)C. The Morgan fingerprint density at radius 2 is 1.88 bits per heavy atom. The Labute approximate surface area is 102 Å². The van der Waals surface area contributed by atoms with Crippen molar-refractivity contribution in [2.24, 2.45) is 5.92 Å². The van der Waals surface area contributed by atoms with Gasteiger partial charge in [-0.05, 0) is 30.5 Å². The molecule has 0 saturated heterocycles. The van der Waals surface area contributed by atoms with Crippen LogP contribution in [-0.4, -0.2) is 10.8 Å². The van der Waals surface area contributed by atoms with E-state index in [0.717, 1.165) is 16.5 Å². The summed E-state index contributed by atoms with van der Waals surface area (Å²) in [6.45, 7) is 5.84. The van der Waals surface area contributed by atoms with Gasteiger partial charge in [0.15, 0.2) is 0 Å². The summed E-state index contributed by atoms with van der Waals surface area (Å²) in [6, 6.07) is 9.95. The molecule has 2 nitrogen and oxygen atoms in total. The summed E-state index contributed by atoms with van der Waals surface area (Å²) < 4.78 is 0. The minimum atomic E-state index is -0.0390. The Kier molecular flexibility index (Phi) is 3.23. The van der Waals surface area contributed by atoms with Gasteiger partial charge < -0.3 is 0 Å². The number of hydrogen-bond donors (Lipinski definition) is 0. The van der Waals surface area contributed by atoms with Crippen molar-refractivity contribution >= 4 is 16.7 Å². The summed E-state index contributed by atoms with van der Waals surface area (Å²) >= 11 is 0. The van der Waals surface area contributed by atoms with E-state index in [1.54, 1.807) is 13.1 Å². The van der Waals surface area contributed by atoms with Crippen LogP contribution in [0.25, 0.3) is 10.9 Å². The second-order valence-electron chi connectivity index (χ2n) is 4.75. The lowest BCUT2D eigenvalue weighted by Crippen LogP contribution is -2.15. The molecule has 1 atom stereocenters. The van der Waals surface area contributed by atoms with Crippen LogP contribution in [0.4, 0.5) is 0 Å². The summed E-state index contributed by atoms with van der Waals surface area (Å²) in [5.41, 5.74) is 2.05. The molecule has 2 heteroatoms. The predicted molar refractivity (Wildman–Crippen MR) is 70.0 cm³/mol. The Bertz CT molecular complexity index is 540. The summed E-state index contributed by atoms with van der Waals surface area (Å²) in [5.74, 6) is 0.484. The van der Waals surface area contributed by atoms with Gasteiger partial charge in [-0.2, -0.15) is 0 Å². The second kappa shape index (κ2) is 4.66. The van der Waals surface area contributed by atoms with E-state index in [4.69, 9.17) is 0 Å². The predicted octanol–water partition coefficient (Wildman–Crippen LogP) is 3.56. The molecule has 0 spiro atoms. The average molecular weight is 227 g/mol. The maximum absolute atomic E-state index is 11.8. The molecular weight excluding hydrogens is 210 g/mol. The Hall–Kier alpha value is -1.70. The first kappa shape index (κ1) is 11.8. The number of fused-ring (bicyclic) bond motifs is 1. The van der Waals surface area contributed by atoms with Gasteiger partial charge in [0, 0.05) is 17.5 Å². The van der Waals surface area contributed by atoms with Crippen LogP contribution in [0.1, 0.15) is 32.3 Å². The molecule has 0 fully saturated rings. The highest BCUT2D eigenvalue weighted by molar-refractivity contribution is 5.91. The molecule has 0 bridgehead atoms. The van der Waals surface area contributed by atoms with E-state index in [-0.39, 0.29) is 11.7 Å². The number of aromatic nitrogens is 1. The fraction of sp³-hybridized carbons (Fsp3) is 0.333. The van der Waals surface area contributed by atoms with E-state index >= 15 is 0 Å². The molecule has 0 aliphatic rings. The summed E-state index contributed by atoms with van der Waals surface area (Å²) in [5, 5.41) is 1.09. The van der Waals surface area contributed by atoms with Crippen molar-refractivity contribution in [1.82, 2.24) is 4.98 Å². The third-order valence-corrected chi connectivity index (χ3v) is 3.12. The number of rotatable bonds is 3. The number of carbonyl (C=O) groups excluding carboxylic acids is 1. The minimum absolute atomic E-state index is 0.0390. The van der Waals surface area contributed by atoms with Crippen molar-refractivity contribution in [2.75, 3.05) is 0 Å². The molecule has 1 aromatic carbocycles. The Morgan fingerprint density at radius 1 is 1.18 bits per heavy atom. The maximum atomic E-state index is 11.8. The quantitative estimate of drug-likeness (QED) is 0.802. The van der Waals surface area contributed by atoms with E-state index in [9.17, 15) is 4.79 Å². The first-order chi connectivity index (χ1) is 8.11. The van der Waals surface area contributed by atoms with Crippen molar-refractivity contribution in [3.8, 4) is 0 Å². The van der Waals surface area contributed by atoms with Gasteiger partial charge in [0.2, 0.25) is 0 Å². The molecule has 0 amide bonds. The van der Waals surface area contributed by atoms with Gasteiger partial charge in [-0.25, -0.2) is 0 Å². The van der Waals surface area contributed by atoms with Gasteiger partial charge in [-0.15, -0.1) is 0 Å². The number of Topliss-reactive ketones (excluding diaryl/α,β-unsaturated/α-hetero) is 1. The summed E-state index contributed by atoms with van der Waals surface area (Å²) in [6.07, 6.45) is 1.79. The van der Waals surface area contributed by atoms with Crippen molar-refractivity contribution in [3.05, 3.63) is 42.1 Å². The molecule has 0 aliphatic heterocycles. The lowest BCUT2D eigenvalue weighted by atomic mass is 9.84. The highest BCUT2D eigenvalue weighted by atomic mass is 16.1. The van der Waals surface area contributed by atoms with E-state index in [0.29, 0.717) is 5.92 Å². The van der Waals surface area contributed by atoms with Crippen molar-refractivity contribution in [3.63, 3.8) is 0 Å². The molecule has 0 radical (unpaired) electrons. The number of nitrogens with zero attached hydrogens (tertiary/aromatic N) is 1. The zero-order valence-electron chi connectivity index (χ0n) is 10.5. The molecule has 88 valence electrons. The highest BCUT2D eigenvalue weighted by Gasteiger charge is 2.22. The fourth-order valence-corrected chi connectivity index (χ4v) is 2.44.